The molecule has 0 bridgehead atoms. The van der Waals surface area contributed by atoms with E-state index in [1.54, 1.807) is 18.2 Å². The van der Waals surface area contributed by atoms with E-state index in [2.05, 4.69) is 0 Å². The molecule has 0 atom stereocenters. The van der Waals surface area contributed by atoms with Crippen molar-refractivity contribution >= 4 is 16.9 Å². The zero-order valence-corrected chi connectivity index (χ0v) is 16.8. The van der Waals surface area contributed by atoms with Gasteiger partial charge in [-0.1, -0.05) is 24.3 Å². The Labute approximate surface area is 169 Å². The number of amides is 1. The zero-order chi connectivity index (χ0) is 21.0. The van der Waals surface area contributed by atoms with Crippen LogP contribution in [0.3, 0.4) is 0 Å². The molecule has 1 heterocycles. The SMILES string of the molecule is Cc1ccccc1CN(CCO)C(=O)c1cc2ccc(OC(C)C)cc2oc1=O. The van der Waals surface area contributed by atoms with E-state index in [0.717, 1.165) is 11.1 Å². The van der Waals surface area contributed by atoms with Crippen LogP contribution in [0.1, 0.15) is 35.3 Å². The maximum atomic E-state index is 13.1. The van der Waals surface area contributed by atoms with Gasteiger partial charge in [-0.05, 0) is 50.1 Å². The van der Waals surface area contributed by atoms with Gasteiger partial charge in [-0.3, -0.25) is 4.79 Å². The van der Waals surface area contributed by atoms with E-state index >= 15 is 0 Å². The summed E-state index contributed by atoms with van der Waals surface area (Å²) in [5.41, 5.74) is 1.58. The van der Waals surface area contributed by atoms with E-state index in [4.69, 9.17) is 9.15 Å². The minimum Gasteiger partial charge on any atom is -0.491 e. The molecule has 0 spiro atoms. The van der Waals surface area contributed by atoms with Gasteiger partial charge in [-0.25, -0.2) is 4.79 Å². The van der Waals surface area contributed by atoms with Gasteiger partial charge in [0.05, 0.1) is 12.7 Å². The van der Waals surface area contributed by atoms with Crippen molar-refractivity contribution in [3.8, 4) is 5.75 Å². The van der Waals surface area contributed by atoms with Crippen LogP contribution in [0.5, 0.6) is 5.75 Å². The second-order valence-corrected chi connectivity index (χ2v) is 7.19. The fourth-order valence-electron chi connectivity index (χ4n) is 3.12. The van der Waals surface area contributed by atoms with Crippen LogP contribution in [0.25, 0.3) is 11.0 Å². The fourth-order valence-corrected chi connectivity index (χ4v) is 3.12. The smallest absolute Gasteiger partial charge is 0.349 e. The predicted octanol–water partition coefficient (Wildman–Crippen LogP) is 3.52. The molecule has 3 rings (SSSR count). The summed E-state index contributed by atoms with van der Waals surface area (Å²) in [6.07, 6.45) is -0.00601. The molecule has 1 aromatic heterocycles. The summed E-state index contributed by atoms with van der Waals surface area (Å²) < 4.78 is 11.0. The molecular weight excluding hydrogens is 370 g/mol. The van der Waals surface area contributed by atoms with Crippen molar-refractivity contribution < 1.29 is 19.1 Å². The lowest BCUT2D eigenvalue weighted by molar-refractivity contribution is 0.0703. The van der Waals surface area contributed by atoms with Crippen molar-refractivity contribution in [3.63, 3.8) is 0 Å². The lowest BCUT2D eigenvalue weighted by Gasteiger charge is -2.22. The van der Waals surface area contributed by atoms with Crippen molar-refractivity contribution in [2.24, 2.45) is 0 Å². The number of nitrogens with zero attached hydrogens (tertiary/aromatic N) is 1. The first-order chi connectivity index (χ1) is 13.9. The van der Waals surface area contributed by atoms with Crippen LogP contribution in [-0.4, -0.2) is 35.2 Å². The van der Waals surface area contributed by atoms with Crippen LogP contribution in [0.4, 0.5) is 0 Å². The Morgan fingerprint density at radius 2 is 1.93 bits per heavy atom. The van der Waals surface area contributed by atoms with Crippen LogP contribution in [0.15, 0.2) is 57.7 Å². The lowest BCUT2D eigenvalue weighted by Crippen LogP contribution is -2.35. The minimum absolute atomic E-state index is 0.00601. The molecule has 0 unspecified atom stereocenters. The van der Waals surface area contributed by atoms with Gasteiger partial charge < -0.3 is 19.2 Å². The first-order valence-corrected chi connectivity index (χ1v) is 9.58. The summed E-state index contributed by atoms with van der Waals surface area (Å²) in [5.74, 6) is 0.122. The number of fused-ring (bicyclic) bond motifs is 1. The maximum absolute atomic E-state index is 13.1. The number of hydrogen-bond donors (Lipinski definition) is 1. The third-order valence-electron chi connectivity index (χ3n) is 4.59. The highest BCUT2D eigenvalue weighted by atomic mass is 16.5. The van der Waals surface area contributed by atoms with Crippen molar-refractivity contribution in [3.05, 3.63) is 75.6 Å². The molecule has 1 amide bonds. The van der Waals surface area contributed by atoms with E-state index < -0.39 is 11.5 Å². The van der Waals surface area contributed by atoms with Gasteiger partial charge in [0, 0.05) is 24.5 Å². The first-order valence-electron chi connectivity index (χ1n) is 9.58. The molecule has 29 heavy (non-hydrogen) atoms. The molecule has 1 N–H and O–H groups in total. The molecule has 0 aliphatic carbocycles. The minimum atomic E-state index is -0.711. The number of aliphatic hydroxyl groups is 1. The maximum Gasteiger partial charge on any atom is 0.349 e. The van der Waals surface area contributed by atoms with E-state index in [9.17, 15) is 14.7 Å². The Morgan fingerprint density at radius 1 is 1.17 bits per heavy atom. The van der Waals surface area contributed by atoms with Gasteiger partial charge in [-0.15, -0.1) is 0 Å². The van der Waals surface area contributed by atoms with E-state index in [1.807, 2.05) is 45.0 Å². The molecule has 0 saturated heterocycles. The van der Waals surface area contributed by atoms with Crippen LogP contribution in [-0.2, 0) is 6.54 Å². The largest absolute Gasteiger partial charge is 0.491 e. The van der Waals surface area contributed by atoms with Gasteiger partial charge in [0.15, 0.2) is 0 Å². The zero-order valence-electron chi connectivity index (χ0n) is 16.8. The summed E-state index contributed by atoms with van der Waals surface area (Å²) in [5, 5.41) is 10.0. The van der Waals surface area contributed by atoms with Crippen LogP contribution < -0.4 is 10.4 Å². The van der Waals surface area contributed by atoms with Gasteiger partial charge >= 0.3 is 5.63 Å². The Hall–Kier alpha value is -3.12. The molecular formula is C23H25NO5. The standard InChI is InChI=1S/C23H25NO5/c1-15(2)28-19-9-8-17-12-20(23(27)29-21(17)13-19)22(26)24(10-11-25)14-18-7-5-4-6-16(18)3/h4-9,12-13,15,25H,10-11,14H2,1-3H3. The highest BCUT2D eigenvalue weighted by Crippen LogP contribution is 2.22. The third kappa shape index (κ3) is 4.84. The normalized spacial score (nSPS) is 11.1. The third-order valence-corrected chi connectivity index (χ3v) is 4.59. The van der Waals surface area contributed by atoms with Crippen molar-refractivity contribution in [2.45, 2.75) is 33.4 Å². The van der Waals surface area contributed by atoms with Crippen molar-refractivity contribution in [1.29, 1.82) is 0 Å². The van der Waals surface area contributed by atoms with E-state index in [-0.39, 0.29) is 24.8 Å². The molecule has 6 nitrogen and oxygen atoms in total. The Kier molecular flexibility index (Phi) is 6.34. The lowest BCUT2D eigenvalue weighted by atomic mass is 10.1. The Morgan fingerprint density at radius 3 is 2.62 bits per heavy atom. The van der Waals surface area contributed by atoms with Gasteiger partial charge in [0.1, 0.15) is 16.9 Å². The Bertz CT molecular complexity index is 1070. The van der Waals surface area contributed by atoms with E-state index in [0.29, 0.717) is 23.3 Å². The molecule has 0 saturated carbocycles. The number of benzene rings is 2. The molecule has 0 aliphatic rings. The van der Waals surface area contributed by atoms with Crippen LogP contribution >= 0.6 is 0 Å². The van der Waals surface area contributed by atoms with Crippen molar-refractivity contribution in [1.82, 2.24) is 4.90 Å². The average Bonchev–Trinajstić information content (AvgIpc) is 2.67. The van der Waals surface area contributed by atoms with E-state index in [1.165, 1.54) is 11.0 Å². The quantitative estimate of drug-likeness (QED) is 0.619. The van der Waals surface area contributed by atoms with Crippen LogP contribution in [0, 0.1) is 6.92 Å². The summed E-state index contributed by atoms with van der Waals surface area (Å²) in [4.78, 5) is 27.0. The highest BCUT2D eigenvalue weighted by molar-refractivity contribution is 5.96. The second kappa shape index (κ2) is 8.92. The monoisotopic (exact) mass is 395 g/mol. The number of carbonyl (C=O) groups excluding carboxylic acids is 1. The Balaban J connectivity index is 1.94. The topological polar surface area (TPSA) is 80.0 Å². The van der Waals surface area contributed by atoms with Gasteiger partial charge in [0.25, 0.3) is 5.91 Å². The number of aryl methyl sites for hydroxylation is 1. The number of aliphatic hydroxyl groups excluding tert-OH is 1. The molecule has 152 valence electrons. The molecule has 2 aromatic carbocycles. The predicted molar refractivity (Wildman–Crippen MR) is 111 cm³/mol. The number of hydrogen-bond acceptors (Lipinski definition) is 5. The molecule has 6 heteroatoms. The first kappa shape index (κ1) is 20.6. The molecule has 0 aliphatic heterocycles. The van der Waals surface area contributed by atoms with Gasteiger partial charge in [0.2, 0.25) is 0 Å². The number of ether oxygens (including phenoxy) is 1. The summed E-state index contributed by atoms with van der Waals surface area (Å²) in [7, 11) is 0. The molecule has 0 fully saturated rings. The number of rotatable bonds is 7. The summed E-state index contributed by atoms with van der Waals surface area (Å²) in [6, 6.07) is 14.4. The summed E-state index contributed by atoms with van der Waals surface area (Å²) >= 11 is 0. The van der Waals surface area contributed by atoms with Crippen molar-refractivity contribution in [2.75, 3.05) is 13.2 Å². The second-order valence-electron chi connectivity index (χ2n) is 7.19. The molecule has 0 radical (unpaired) electrons. The van der Waals surface area contributed by atoms with Gasteiger partial charge in [-0.2, -0.15) is 0 Å². The fraction of sp³-hybridized carbons (Fsp3) is 0.304. The number of carbonyl (C=O) groups is 1. The average molecular weight is 395 g/mol. The van der Waals surface area contributed by atoms with Crippen LogP contribution in [0.2, 0.25) is 0 Å². The molecule has 3 aromatic rings. The summed E-state index contributed by atoms with van der Waals surface area (Å²) in [6.45, 7) is 5.99. The highest BCUT2D eigenvalue weighted by Gasteiger charge is 2.21.